The highest BCUT2D eigenvalue weighted by Gasteiger charge is 2.05. The number of aromatic hydroxyl groups is 1. The first-order valence-corrected chi connectivity index (χ1v) is 4.16. The molecule has 0 spiro atoms. The zero-order chi connectivity index (χ0) is 10.6. The van der Waals surface area contributed by atoms with Crippen LogP contribution in [0.5, 0.6) is 5.88 Å². The molecule has 0 bridgehead atoms. The van der Waals surface area contributed by atoms with E-state index in [-0.39, 0.29) is 12.5 Å². The predicted octanol–water partition coefficient (Wildman–Crippen LogP) is 0.950. The van der Waals surface area contributed by atoms with Gasteiger partial charge in [-0.1, -0.05) is 0 Å². The minimum absolute atomic E-state index is 0.0728. The highest BCUT2D eigenvalue weighted by Crippen LogP contribution is 2.07. The van der Waals surface area contributed by atoms with E-state index >= 15 is 0 Å². The van der Waals surface area contributed by atoms with Crippen LogP contribution in [-0.2, 0) is 18.2 Å². The normalized spacial score (nSPS) is 11.1. The Morgan fingerprint density at radius 1 is 1.64 bits per heavy atom. The number of aromatic nitrogens is 2. The van der Waals surface area contributed by atoms with Crippen molar-refractivity contribution >= 4 is 0 Å². The lowest BCUT2D eigenvalue weighted by Gasteiger charge is -2.02. The molecule has 1 heterocycles. The molecule has 0 aliphatic rings. The highest BCUT2D eigenvalue weighted by molar-refractivity contribution is 5.07. The van der Waals surface area contributed by atoms with Gasteiger partial charge in [0, 0.05) is 13.5 Å². The largest absolute Gasteiger partial charge is 0.492 e. The van der Waals surface area contributed by atoms with E-state index in [1.165, 1.54) is 6.20 Å². The molecule has 0 aliphatic heterocycles. The van der Waals surface area contributed by atoms with Crippen LogP contribution >= 0.6 is 0 Å². The smallest absolute Gasteiger partial charge is 0.261 e. The molecule has 1 N–H and O–H groups in total. The van der Waals surface area contributed by atoms with Crippen LogP contribution in [0.1, 0.15) is 5.82 Å². The van der Waals surface area contributed by atoms with Crippen molar-refractivity contribution in [1.82, 2.24) is 9.55 Å². The van der Waals surface area contributed by atoms with Crippen molar-refractivity contribution in [2.45, 2.75) is 12.8 Å². The summed E-state index contributed by atoms with van der Waals surface area (Å²) < 4.78 is 29.6. The Kier molecular flexibility index (Phi) is 3.82. The Hall–Kier alpha value is -1.17. The van der Waals surface area contributed by atoms with Crippen LogP contribution in [0.2, 0.25) is 0 Å². The first-order chi connectivity index (χ1) is 6.59. The number of halogens is 2. The molecule has 80 valence electrons. The minimum atomic E-state index is -2.44. The maximum atomic E-state index is 11.7. The summed E-state index contributed by atoms with van der Waals surface area (Å²) in [6.07, 6.45) is -0.587. The summed E-state index contributed by atoms with van der Waals surface area (Å²) in [4.78, 5) is 3.78. The van der Waals surface area contributed by atoms with Gasteiger partial charge in [0.2, 0.25) is 5.88 Å². The molecule has 1 aromatic rings. The van der Waals surface area contributed by atoms with Crippen LogP contribution in [0.3, 0.4) is 0 Å². The molecular formula is C8H12F2N2O2. The standard InChI is InChI=1S/C8H12F2N2O2/c1-12-4-8(13)11-7(12)2-3-14-5-6(9)10/h4,6,13H,2-3,5H2,1H3. The molecule has 1 aromatic heterocycles. The van der Waals surface area contributed by atoms with E-state index in [1.807, 2.05) is 0 Å². The molecule has 0 saturated heterocycles. The van der Waals surface area contributed by atoms with E-state index in [0.29, 0.717) is 12.2 Å². The van der Waals surface area contributed by atoms with E-state index in [2.05, 4.69) is 9.72 Å². The maximum Gasteiger partial charge on any atom is 0.261 e. The third-order valence-electron chi connectivity index (χ3n) is 1.67. The summed E-state index contributed by atoms with van der Waals surface area (Å²) in [6, 6.07) is 0. The molecule has 0 radical (unpaired) electrons. The molecule has 0 saturated carbocycles. The van der Waals surface area contributed by atoms with Crippen molar-refractivity contribution in [3.05, 3.63) is 12.0 Å². The molecule has 6 heteroatoms. The Balaban J connectivity index is 2.28. The second-order valence-electron chi connectivity index (χ2n) is 2.84. The third-order valence-corrected chi connectivity index (χ3v) is 1.67. The Morgan fingerprint density at radius 2 is 2.36 bits per heavy atom. The third kappa shape index (κ3) is 3.29. The van der Waals surface area contributed by atoms with Gasteiger partial charge in [0.25, 0.3) is 6.43 Å². The van der Waals surface area contributed by atoms with Gasteiger partial charge in [0.05, 0.1) is 12.8 Å². The number of nitrogens with zero attached hydrogens (tertiary/aromatic N) is 2. The summed E-state index contributed by atoms with van der Waals surface area (Å²) in [7, 11) is 1.72. The summed E-state index contributed by atoms with van der Waals surface area (Å²) in [5, 5.41) is 8.99. The van der Waals surface area contributed by atoms with Crippen LogP contribution in [0.4, 0.5) is 8.78 Å². The summed E-state index contributed by atoms with van der Waals surface area (Å²) in [5.41, 5.74) is 0. The molecule has 14 heavy (non-hydrogen) atoms. The molecular weight excluding hydrogens is 194 g/mol. The molecule has 0 unspecified atom stereocenters. The average molecular weight is 206 g/mol. The Morgan fingerprint density at radius 3 is 2.86 bits per heavy atom. The number of ether oxygens (including phenoxy) is 1. The first-order valence-electron chi connectivity index (χ1n) is 4.16. The van der Waals surface area contributed by atoms with Crippen LogP contribution in [-0.4, -0.2) is 34.3 Å². The maximum absolute atomic E-state index is 11.7. The molecule has 1 rings (SSSR count). The first kappa shape index (κ1) is 10.9. The molecule has 0 fully saturated rings. The van der Waals surface area contributed by atoms with Crippen LogP contribution < -0.4 is 0 Å². The quantitative estimate of drug-likeness (QED) is 0.729. The van der Waals surface area contributed by atoms with Crippen molar-refractivity contribution in [2.24, 2.45) is 7.05 Å². The number of hydrogen-bond donors (Lipinski definition) is 1. The van der Waals surface area contributed by atoms with Crippen LogP contribution in [0.25, 0.3) is 0 Å². The van der Waals surface area contributed by atoms with E-state index in [4.69, 9.17) is 5.11 Å². The van der Waals surface area contributed by atoms with Gasteiger partial charge in [0.15, 0.2) is 0 Å². The van der Waals surface area contributed by atoms with Gasteiger partial charge < -0.3 is 14.4 Å². The monoisotopic (exact) mass is 206 g/mol. The molecule has 0 amide bonds. The number of rotatable bonds is 5. The van der Waals surface area contributed by atoms with Gasteiger partial charge in [-0.15, -0.1) is 0 Å². The molecule has 4 nitrogen and oxygen atoms in total. The van der Waals surface area contributed by atoms with E-state index in [0.717, 1.165) is 0 Å². The zero-order valence-electron chi connectivity index (χ0n) is 7.78. The topological polar surface area (TPSA) is 47.3 Å². The fourth-order valence-corrected chi connectivity index (χ4v) is 1.06. The van der Waals surface area contributed by atoms with Gasteiger partial charge >= 0.3 is 0 Å². The second-order valence-corrected chi connectivity index (χ2v) is 2.84. The van der Waals surface area contributed by atoms with Crippen molar-refractivity contribution in [1.29, 1.82) is 0 Å². The zero-order valence-corrected chi connectivity index (χ0v) is 7.78. The lowest BCUT2D eigenvalue weighted by atomic mass is 10.4. The summed E-state index contributed by atoms with van der Waals surface area (Å²) >= 11 is 0. The van der Waals surface area contributed by atoms with E-state index in [9.17, 15) is 8.78 Å². The van der Waals surface area contributed by atoms with Crippen molar-refractivity contribution in [3.63, 3.8) is 0 Å². The SMILES string of the molecule is Cn1cc(O)nc1CCOCC(F)F. The minimum Gasteiger partial charge on any atom is -0.492 e. The second kappa shape index (κ2) is 4.90. The van der Waals surface area contributed by atoms with Gasteiger partial charge in [-0.05, 0) is 0 Å². The molecule has 0 aromatic carbocycles. The Labute approximate surface area is 80.1 Å². The fraction of sp³-hybridized carbons (Fsp3) is 0.625. The number of imidazole rings is 1. The molecule has 0 atom stereocenters. The summed E-state index contributed by atoms with van der Waals surface area (Å²) in [5.74, 6) is 0.535. The van der Waals surface area contributed by atoms with Gasteiger partial charge in [0.1, 0.15) is 12.4 Å². The van der Waals surface area contributed by atoms with Crippen molar-refractivity contribution in [3.8, 4) is 5.88 Å². The average Bonchev–Trinajstić information content (AvgIpc) is 2.39. The highest BCUT2D eigenvalue weighted by atomic mass is 19.3. The van der Waals surface area contributed by atoms with Crippen LogP contribution in [0, 0.1) is 0 Å². The van der Waals surface area contributed by atoms with Crippen LogP contribution in [0.15, 0.2) is 6.20 Å². The van der Waals surface area contributed by atoms with Gasteiger partial charge in [-0.2, -0.15) is 4.98 Å². The predicted molar refractivity (Wildman–Crippen MR) is 45.4 cm³/mol. The number of aryl methyl sites for hydroxylation is 1. The fourth-order valence-electron chi connectivity index (χ4n) is 1.06. The number of alkyl halides is 2. The van der Waals surface area contributed by atoms with Crippen molar-refractivity contribution < 1.29 is 18.6 Å². The van der Waals surface area contributed by atoms with E-state index < -0.39 is 13.0 Å². The lowest BCUT2D eigenvalue weighted by molar-refractivity contribution is 0.0181. The van der Waals surface area contributed by atoms with Gasteiger partial charge in [-0.3, -0.25) is 0 Å². The molecule has 0 aliphatic carbocycles. The Bertz CT molecular complexity index is 289. The van der Waals surface area contributed by atoms with E-state index in [1.54, 1.807) is 11.6 Å². The van der Waals surface area contributed by atoms with Gasteiger partial charge in [-0.25, -0.2) is 8.78 Å². The lowest BCUT2D eigenvalue weighted by Crippen LogP contribution is -2.09. The van der Waals surface area contributed by atoms with Crippen molar-refractivity contribution in [2.75, 3.05) is 13.2 Å². The summed E-state index contributed by atoms with van der Waals surface area (Å²) in [6.45, 7) is -0.384. The number of hydrogen-bond acceptors (Lipinski definition) is 3.